The lowest BCUT2D eigenvalue weighted by atomic mass is 9.52. The molecule has 5 atom stereocenters. The third-order valence-electron chi connectivity index (χ3n) is 8.09. The molecule has 0 radical (unpaired) electrons. The van der Waals surface area contributed by atoms with E-state index in [9.17, 15) is 31.9 Å². The highest BCUT2D eigenvalue weighted by atomic mass is 19.4. The van der Waals surface area contributed by atoms with Gasteiger partial charge in [-0.15, -0.1) is 0 Å². The molecule has 4 rings (SSSR count). The molecule has 0 heterocycles. The van der Waals surface area contributed by atoms with Crippen LogP contribution in [-0.4, -0.2) is 28.6 Å². The van der Waals surface area contributed by atoms with Crippen LogP contribution in [0.15, 0.2) is 22.8 Å². The largest absolute Gasteiger partial charge is 0.456 e. The average Bonchev–Trinajstić information content (AvgIpc) is 2.86. The van der Waals surface area contributed by atoms with Gasteiger partial charge in [-0.25, -0.2) is 0 Å². The van der Waals surface area contributed by atoms with Crippen molar-refractivity contribution in [2.24, 2.45) is 23.2 Å². The minimum atomic E-state index is -5.78. The summed E-state index contributed by atoms with van der Waals surface area (Å²) in [4.78, 5) is 11.8. The van der Waals surface area contributed by atoms with Crippen molar-refractivity contribution >= 4 is 5.78 Å². The quantitative estimate of drug-likeness (QED) is 0.597. The minimum Gasteiger partial charge on any atom is -0.383 e. The smallest absolute Gasteiger partial charge is 0.383 e. The molecule has 4 aliphatic rings. The Morgan fingerprint density at radius 1 is 1.11 bits per heavy atom. The molecule has 1 N–H and O–H groups in total. The van der Waals surface area contributed by atoms with E-state index in [0.29, 0.717) is 25.7 Å². The second kappa shape index (κ2) is 5.89. The normalized spacial score (nSPS) is 41.4. The highest BCUT2D eigenvalue weighted by Crippen LogP contribution is 2.68. The van der Waals surface area contributed by atoms with Gasteiger partial charge in [-0.2, -0.15) is 22.0 Å². The van der Waals surface area contributed by atoms with Gasteiger partial charge in [0.15, 0.2) is 5.78 Å². The van der Waals surface area contributed by atoms with Crippen molar-refractivity contribution in [3.63, 3.8) is 0 Å². The van der Waals surface area contributed by atoms with E-state index >= 15 is 0 Å². The van der Waals surface area contributed by atoms with E-state index in [1.54, 1.807) is 6.08 Å². The van der Waals surface area contributed by atoms with Crippen molar-refractivity contribution in [1.82, 2.24) is 0 Å². The highest BCUT2D eigenvalue weighted by Gasteiger charge is 2.78. The molecule has 28 heavy (non-hydrogen) atoms. The van der Waals surface area contributed by atoms with Gasteiger partial charge in [-0.3, -0.25) is 4.79 Å². The van der Waals surface area contributed by atoms with Gasteiger partial charge < -0.3 is 5.11 Å². The van der Waals surface area contributed by atoms with Gasteiger partial charge in [0.1, 0.15) is 5.60 Å². The van der Waals surface area contributed by atoms with Crippen molar-refractivity contribution < 1.29 is 31.9 Å². The fourth-order valence-electron chi connectivity index (χ4n) is 6.67. The van der Waals surface area contributed by atoms with Crippen molar-refractivity contribution in [1.29, 1.82) is 0 Å². The van der Waals surface area contributed by atoms with Crippen LogP contribution in [0.3, 0.4) is 0 Å². The maximum Gasteiger partial charge on any atom is 0.456 e. The molecule has 2 saturated carbocycles. The zero-order chi connectivity index (χ0) is 20.7. The number of halogens is 5. The maximum absolute atomic E-state index is 14.4. The van der Waals surface area contributed by atoms with Crippen LogP contribution < -0.4 is 0 Å². The first-order valence-electron chi connectivity index (χ1n) is 9.96. The van der Waals surface area contributed by atoms with Gasteiger partial charge in [-0.05, 0) is 73.5 Å². The number of alkyl halides is 5. The summed E-state index contributed by atoms with van der Waals surface area (Å²) in [5, 5.41) is 10.8. The van der Waals surface area contributed by atoms with Gasteiger partial charge in [-0.1, -0.05) is 19.4 Å². The Morgan fingerprint density at radius 2 is 1.79 bits per heavy atom. The van der Waals surface area contributed by atoms with E-state index in [0.717, 1.165) is 16.7 Å². The van der Waals surface area contributed by atoms with Crippen LogP contribution in [0.4, 0.5) is 22.0 Å². The number of rotatable bonds is 1. The van der Waals surface area contributed by atoms with E-state index in [-0.39, 0.29) is 30.5 Å². The summed E-state index contributed by atoms with van der Waals surface area (Å²) in [7, 11) is 0. The number of hydrogen-bond acceptors (Lipinski definition) is 2. The van der Waals surface area contributed by atoms with Gasteiger partial charge >= 0.3 is 12.1 Å². The van der Waals surface area contributed by atoms with Crippen molar-refractivity contribution in [2.45, 2.75) is 76.5 Å². The molecule has 7 heteroatoms. The fraction of sp³-hybridized carbons (Fsp3) is 0.762. The number of carbonyl (C=O) groups is 1. The first kappa shape index (κ1) is 20.0. The Bertz CT molecular complexity index is 780. The number of ketones is 1. The molecule has 0 bridgehead atoms. The Morgan fingerprint density at radius 3 is 2.43 bits per heavy atom. The minimum absolute atomic E-state index is 0.0439. The van der Waals surface area contributed by atoms with E-state index < -0.39 is 35.5 Å². The summed E-state index contributed by atoms with van der Waals surface area (Å²) < 4.78 is 68.4. The molecule has 0 spiro atoms. The number of allylic oxidation sites excluding steroid dienone is 4. The summed E-state index contributed by atoms with van der Waals surface area (Å²) in [6.07, 6.45) is -2.32. The second-order valence-electron chi connectivity index (χ2n) is 9.34. The topological polar surface area (TPSA) is 37.3 Å². The first-order chi connectivity index (χ1) is 12.8. The molecule has 156 valence electrons. The zero-order valence-corrected chi connectivity index (χ0v) is 16.0. The lowest BCUT2D eigenvalue weighted by Crippen LogP contribution is -2.65. The summed E-state index contributed by atoms with van der Waals surface area (Å²) in [6.45, 7) is 3.40. The van der Waals surface area contributed by atoms with E-state index in [2.05, 4.69) is 0 Å². The molecule has 0 amide bonds. The lowest BCUT2D eigenvalue weighted by Gasteiger charge is -2.54. The number of aliphatic hydroxyl groups is 1. The Labute approximate surface area is 160 Å². The molecule has 0 aromatic heterocycles. The van der Waals surface area contributed by atoms with Crippen LogP contribution in [0.5, 0.6) is 0 Å². The van der Waals surface area contributed by atoms with Crippen LogP contribution >= 0.6 is 0 Å². The van der Waals surface area contributed by atoms with Gasteiger partial charge in [0.05, 0.1) is 0 Å². The van der Waals surface area contributed by atoms with Crippen LogP contribution in [0.1, 0.15) is 58.8 Å². The molecule has 0 saturated heterocycles. The molecular formula is C21H25F5O2. The fourth-order valence-corrected chi connectivity index (χ4v) is 6.67. The second-order valence-corrected chi connectivity index (χ2v) is 9.34. The summed E-state index contributed by atoms with van der Waals surface area (Å²) in [6, 6.07) is 0. The van der Waals surface area contributed by atoms with Crippen LogP contribution in [0.25, 0.3) is 0 Å². The van der Waals surface area contributed by atoms with E-state index in [4.69, 9.17) is 0 Å². The summed E-state index contributed by atoms with van der Waals surface area (Å²) in [5.41, 5.74) is -1.34. The summed E-state index contributed by atoms with van der Waals surface area (Å²) in [5.74, 6) is -5.55. The molecular weight excluding hydrogens is 379 g/mol. The van der Waals surface area contributed by atoms with Crippen LogP contribution in [0, 0.1) is 23.2 Å². The Kier molecular flexibility index (Phi) is 4.22. The molecule has 0 aliphatic heterocycles. The van der Waals surface area contributed by atoms with Gasteiger partial charge in [0.2, 0.25) is 0 Å². The predicted molar refractivity (Wildman–Crippen MR) is 92.6 cm³/mol. The molecule has 0 aromatic rings. The third kappa shape index (κ3) is 2.37. The molecule has 4 aliphatic carbocycles. The van der Waals surface area contributed by atoms with Crippen molar-refractivity contribution in [3.05, 3.63) is 22.8 Å². The monoisotopic (exact) mass is 404 g/mol. The van der Waals surface area contributed by atoms with Gasteiger partial charge in [0, 0.05) is 11.8 Å². The lowest BCUT2D eigenvalue weighted by molar-refractivity contribution is -0.362. The highest BCUT2D eigenvalue weighted by molar-refractivity contribution is 5.93. The van der Waals surface area contributed by atoms with Crippen LogP contribution in [0.2, 0.25) is 0 Å². The SMILES string of the molecule is CC1CC2=CC(=O)CCC2=C2CC[C@@]3(C)[C@@H](CCC3(O)C(F)(F)C(F)(F)F)[C@@H]21. The number of fused-ring (bicyclic) bond motifs is 4. The Balaban J connectivity index is 1.78. The molecule has 2 nitrogen and oxygen atoms in total. The van der Waals surface area contributed by atoms with E-state index in [1.807, 2.05) is 6.92 Å². The zero-order valence-electron chi connectivity index (χ0n) is 16.0. The summed E-state index contributed by atoms with van der Waals surface area (Å²) >= 11 is 0. The maximum atomic E-state index is 14.4. The first-order valence-corrected chi connectivity index (χ1v) is 9.96. The third-order valence-corrected chi connectivity index (χ3v) is 8.09. The Hall–Kier alpha value is -1.24. The van der Waals surface area contributed by atoms with E-state index in [1.165, 1.54) is 6.92 Å². The average molecular weight is 404 g/mol. The standard InChI is InChI=1S/C21H25F5O2/c1-11-9-12-10-13(27)3-4-14(12)15-5-7-18(2)16(17(11)15)6-8-19(18,28)20(22,23)21(24,25)26/h10-11,16-17,28H,3-9H2,1-2H3/t11?,16-,17+,18-,19?/m0/s1. The number of carbonyl (C=O) groups excluding carboxylic acids is 1. The van der Waals surface area contributed by atoms with Crippen molar-refractivity contribution in [2.75, 3.05) is 0 Å². The van der Waals surface area contributed by atoms with Crippen molar-refractivity contribution in [3.8, 4) is 0 Å². The number of hydrogen-bond donors (Lipinski definition) is 1. The molecule has 2 unspecified atom stereocenters. The molecule has 0 aromatic carbocycles. The molecule has 2 fully saturated rings. The van der Waals surface area contributed by atoms with Gasteiger partial charge in [0.25, 0.3) is 0 Å². The van der Waals surface area contributed by atoms with Crippen LogP contribution in [-0.2, 0) is 4.79 Å². The predicted octanol–water partition coefficient (Wildman–Crippen LogP) is 5.37.